The van der Waals surface area contributed by atoms with E-state index in [0.29, 0.717) is 30.3 Å². The number of ether oxygens (including phenoxy) is 2. The van der Waals surface area contributed by atoms with E-state index in [4.69, 9.17) is 21.1 Å². The van der Waals surface area contributed by atoms with Crippen LogP contribution in [0.1, 0.15) is 10.8 Å². The summed E-state index contributed by atoms with van der Waals surface area (Å²) in [5, 5.41) is 0.166. The van der Waals surface area contributed by atoms with Gasteiger partial charge in [-0.25, -0.2) is 0 Å². The standard InChI is InChI=1S/C21H23ClN2O4S/c1-23(2)10-11-24-17-9-6-15(22)12-18(17)29-20(19(21(24)26)28-13-25)14-4-7-16(27-3)8-5-14/h4-9,12-13,19-20H,10-11H2,1-3H3/t19-,20+/m0/s1. The number of fused-ring (bicyclic) bond motifs is 1. The third kappa shape index (κ3) is 4.86. The number of anilines is 1. The van der Waals surface area contributed by atoms with E-state index in [9.17, 15) is 9.59 Å². The number of amides is 1. The third-order valence-electron chi connectivity index (χ3n) is 4.67. The molecule has 154 valence electrons. The highest BCUT2D eigenvalue weighted by molar-refractivity contribution is 7.99. The van der Waals surface area contributed by atoms with Crippen molar-refractivity contribution in [3.63, 3.8) is 0 Å². The average Bonchev–Trinajstić information content (AvgIpc) is 2.81. The molecule has 1 aliphatic rings. The summed E-state index contributed by atoms with van der Waals surface area (Å²) in [6, 6.07) is 12.9. The highest BCUT2D eigenvalue weighted by atomic mass is 35.5. The first kappa shape index (κ1) is 21.5. The number of halogens is 1. The van der Waals surface area contributed by atoms with E-state index in [2.05, 4.69) is 0 Å². The molecule has 0 unspecified atom stereocenters. The molecular formula is C21H23ClN2O4S. The lowest BCUT2D eigenvalue weighted by Crippen LogP contribution is -2.44. The highest BCUT2D eigenvalue weighted by Crippen LogP contribution is 2.47. The molecule has 0 bridgehead atoms. The fourth-order valence-electron chi connectivity index (χ4n) is 3.16. The Kier molecular flexibility index (Phi) is 7.05. The summed E-state index contributed by atoms with van der Waals surface area (Å²) in [6.07, 6.45) is -0.959. The van der Waals surface area contributed by atoms with Crippen molar-refractivity contribution in [1.82, 2.24) is 4.90 Å². The van der Waals surface area contributed by atoms with Gasteiger partial charge in [-0.15, -0.1) is 11.8 Å². The fourth-order valence-corrected chi connectivity index (χ4v) is 4.76. The Hall–Kier alpha value is -2.22. The van der Waals surface area contributed by atoms with Crippen molar-refractivity contribution >= 4 is 41.4 Å². The molecule has 0 saturated carbocycles. The Balaban J connectivity index is 2.07. The van der Waals surface area contributed by atoms with Gasteiger partial charge in [-0.3, -0.25) is 9.59 Å². The summed E-state index contributed by atoms with van der Waals surface area (Å²) < 4.78 is 10.6. The van der Waals surface area contributed by atoms with E-state index in [-0.39, 0.29) is 5.91 Å². The van der Waals surface area contributed by atoms with E-state index in [1.807, 2.05) is 55.4 Å². The third-order valence-corrected chi connectivity index (χ3v) is 6.26. The predicted molar refractivity (Wildman–Crippen MR) is 115 cm³/mol. The fraction of sp³-hybridized carbons (Fsp3) is 0.333. The van der Waals surface area contributed by atoms with Crippen LogP contribution in [-0.2, 0) is 14.3 Å². The van der Waals surface area contributed by atoms with Crippen molar-refractivity contribution in [2.75, 3.05) is 39.2 Å². The Labute approximate surface area is 179 Å². The van der Waals surface area contributed by atoms with E-state index >= 15 is 0 Å². The summed E-state index contributed by atoms with van der Waals surface area (Å²) >= 11 is 7.71. The highest BCUT2D eigenvalue weighted by Gasteiger charge is 2.40. The van der Waals surface area contributed by atoms with Gasteiger partial charge < -0.3 is 19.3 Å². The largest absolute Gasteiger partial charge is 0.497 e. The van der Waals surface area contributed by atoms with Crippen LogP contribution in [0.25, 0.3) is 0 Å². The van der Waals surface area contributed by atoms with Gasteiger partial charge in [0, 0.05) is 23.0 Å². The molecule has 0 spiro atoms. The van der Waals surface area contributed by atoms with Gasteiger partial charge in [0.05, 0.1) is 18.0 Å². The molecule has 3 rings (SSSR count). The molecule has 0 saturated heterocycles. The quantitative estimate of drug-likeness (QED) is 0.620. The Morgan fingerprint density at radius 1 is 1.21 bits per heavy atom. The summed E-state index contributed by atoms with van der Waals surface area (Å²) in [5.74, 6) is 0.455. The van der Waals surface area contributed by atoms with Gasteiger partial charge >= 0.3 is 0 Å². The minimum Gasteiger partial charge on any atom is -0.497 e. The van der Waals surface area contributed by atoms with Crippen LogP contribution < -0.4 is 9.64 Å². The molecule has 0 N–H and O–H groups in total. The second kappa shape index (κ2) is 9.52. The summed E-state index contributed by atoms with van der Waals surface area (Å²) in [4.78, 5) is 29.2. The van der Waals surface area contributed by atoms with Crippen LogP contribution in [0.3, 0.4) is 0 Å². The zero-order chi connectivity index (χ0) is 21.0. The van der Waals surface area contributed by atoms with Gasteiger partial charge in [0.25, 0.3) is 12.4 Å². The number of likely N-dealkylation sites (N-methyl/N-ethyl adjacent to an activating group) is 1. The molecule has 2 aromatic rings. The Morgan fingerprint density at radius 2 is 1.93 bits per heavy atom. The maximum atomic E-state index is 13.5. The van der Waals surface area contributed by atoms with Crippen LogP contribution in [0, 0.1) is 0 Å². The molecule has 0 radical (unpaired) electrons. The monoisotopic (exact) mass is 434 g/mol. The maximum absolute atomic E-state index is 13.5. The van der Waals surface area contributed by atoms with E-state index in [1.54, 1.807) is 18.1 Å². The first-order chi connectivity index (χ1) is 13.9. The van der Waals surface area contributed by atoms with Crippen LogP contribution >= 0.6 is 23.4 Å². The molecule has 1 heterocycles. The molecule has 0 fully saturated rings. The van der Waals surface area contributed by atoms with Gasteiger partial charge in [0.2, 0.25) is 0 Å². The van der Waals surface area contributed by atoms with Crippen molar-refractivity contribution in [2.24, 2.45) is 0 Å². The second-order valence-electron chi connectivity index (χ2n) is 6.87. The predicted octanol–water partition coefficient (Wildman–Crippen LogP) is 3.63. The van der Waals surface area contributed by atoms with Gasteiger partial charge in [0.15, 0.2) is 6.10 Å². The van der Waals surface area contributed by atoms with E-state index < -0.39 is 11.4 Å². The van der Waals surface area contributed by atoms with Crippen molar-refractivity contribution in [1.29, 1.82) is 0 Å². The molecule has 29 heavy (non-hydrogen) atoms. The number of methoxy groups -OCH3 is 1. The van der Waals surface area contributed by atoms with Crippen LogP contribution in [0.5, 0.6) is 5.75 Å². The van der Waals surface area contributed by atoms with E-state index in [1.165, 1.54) is 11.8 Å². The average molecular weight is 435 g/mol. The number of carbonyl (C=O) groups is 2. The number of nitrogens with zero attached hydrogens (tertiary/aromatic N) is 2. The van der Waals surface area contributed by atoms with Crippen LogP contribution in [0.2, 0.25) is 5.02 Å². The van der Waals surface area contributed by atoms with Crippen molar-refractivity contribution in [2.45, 2.75) is 16.2 Å². The Morgan fingerprint density at radius 3 is 2.55 bits per heavy atom. The number of thioether (sulfide) groups is 1. The number of rotatable bonds is 7. The Bertz CT molecular complexity index is 875. The number of carbonyl (C=O) groups excluding carboxylic acids is 2. The topological polar surface area (TPSA) is 59.1 Å². The number of hydrogen-bond acceptors (Lipinski definition) is 6. The molecule has 0 aromatic heterocycles. The summed E-state index contributed by atoms with van der Waals surface area (Å²) in [5.41, 5.74) is 1.62. The summed E-state index contributed by atoms with van der Waals surface area (Å²) in [6.45, 7) is 1.47. The first-order valence-electron chi connectivity index (χ1n) is 9.10. The van der Waals surface area contributed by atoms with Crippen molar-refractivity contribution in [3.8, 4) is 5.75 Å². The smallest absolute Gasteiger partial charge is 0.293 e. The molecule has 2 atom stereocenters. The molecule has 0 aliphatic carbocycles. The minimum atomic E-state index is -0.959. The van der Waals surface area contributed by atoms with Gasteiger partial charge in [-0.05, 0) is 50.0 Å². The molecule has 2 aromatic carbocycles. The number of hydrogen-bond donors (Lipinski definition) is 0. The van der Waals surface area contributed by atoms with Crippen molar-refractivity contribution in [3.05, 3.63) is 53.1 Å². The SMILES string of the molecule is COc1ccc([C@H]2Sc3cc(Cl)ccc3N(CCN(C)C)C(=O)[C@H]2OC=O)cc1. The van der Waals surface area contributed by atoms with Crippen LogP contribution in [0.15, 0.2) is 47.4 Å². The van der Waals surface area contributed by atoms with Gasteiger partial charge in [0.1, 0.15) is 5.75 Å². The van der Waals surface area contributed by atoms with Crippen LogP contribution in [-0.4, -0.2) is 57.7 Å². The zero-order valence-corrected chi connectivity index (χ0v) is 18.1. The zero-order valence-electron chi connectivity index (χ0n) is 16.5. The van der Waals surface area contributed by atoms with E-state index in [0.717, 1.165) is 16.1 Å². The maximum Gasteiger partial charge on any atom is 0.293 e. The molecule has 8 heteroatoms. The molecular weight excluding hydrogens is 412 g/mol. The second-order valence-corrected chi connectivity index (χ2v) is 8.49. The van der Waals surface area contributed by atoms with Gasteiger partial charge in [-0.2, -0.15) is 0 Å². The van der Waals surface area contributed by atoms with Crippen LogP contribution in [0.4, 0.5) is 5.69 Å². The first-order valence-corrected chi connectivity index (χ1v) is 10.4. The van der Waals surface area contributed by atoms with Gasteiger partial charge in [-0.1, -0.05) is 23.7 Å². The minimum absolute atomic E-state index is 0.256. The lowest BCUT2D eigenvalue weighted by atomic mass is 10.1. The molecule has 6 nitrogen and oxygen atoms in total. The normalized spacial score (nSPS) is 18.9. The number of benzene rings is 2. The summed E-state index contributed by atoms with van der Waals surface area (Å²) in [7, 11) is 5.48. The molecule has 1 amide bonds. The lowest BCUT2D eigenvalue weighted by Gasteiger charge is -2.27. The lowest BCUT2D eigenvalue weighted by molar-refractivity contribution is -0.143. The molecule has 1 aliphatic heterocycles. The van der Waals surface area contributed by atoms with Crippen molar-refractivity contribution < 1.29 is 19.1 Å².